The molecule has 1 amide bonds. The third kappa shape index (κ3) is 3.87. The summed E-state index contributed by atoms with van der Waals surface area (Å²) < 4.78 is 17.3. The van der Waals surface area contributed by atoms with Crippen molar-refractivity contribution in [3.63, 3.8) is 0 Å². The standard InChI is InChI=1S/C16H24FN7O/c1-12(24-11-18-10-20-24)16(25)21(2)8-15-6-13(17)7-23(15)9-14-4-5-19-22(14)3/h4-5,10-13,15H,6-9H2,1-3H3/t12-,13+,15+/m1/s1. The molecule has 3 rings (SSSR count). The third-order valence-electron chi connectivity index (χ3n) is 4.82. The lowest BCUT2D eigenvalue weighted by molar-refractivity contribution is -0.133. The van der Waals surface area contributed by atoms with Gasteiger partial charge in [-0.1, -0.05) is 0 Å². The van der Waals surface area contributed by atoms with Crippen LogP contribution in [0.3, 0.4) is 0 Å². The Morgan fingerprint density at radius 3 is 2.92 bits per heavy atom. The number of alkyl halides is 1. The van der Waals surface area contributed by atoms with Crippen molar-refractivity contribution in [1.29, 1.82) is 0 Å². The lowest BCUT2D eigenvalue weighted by atomic mass is 10.2. The number of hydrogen-bond donors (Lipinski definition) is 0. The molecular weight excluding hydrogens is 325 g/mol. The average molecular weight is 349 g/mol. The highest BCUT2D eigenvalue weighted by atomic mass is 19.1. The van der Waals surface area contributed by atoms with Gasteiger partial charge in [-0.15, -0.1) is 0 Å². The Labute approximate surface area is 146 Å². The zero-order valence-electron chi connectivity index (χ0n) is 14.8. The first-order valence-electron chi connectivity index (χ1n) is 8.39. The topological polar surface area (TPSA) is 72.1 Å². The quantitative estimate of drug-likeness (QED) is 0.765. The van der Waals surface area contributed by atoms with Crippen molar-refractivity contribution >= 4 is 5.91 Å². The second-order valence-corrected chi connectivity index (χ2v) is 6.63. The largest absolute Gasteiger partial charge is 0.342 e. The number of carbonyl (C=O) groups excluding carboxylic acids is 1. The van der Waals surface area contributed by atoms with Gasteiger partial charge >= 0.3 is 0 Å². The predicted molar refractivity (Wildman–Crippen MR) is 89.3 cm³/mol. The number of halogens is 1. The van der Waals surface area contributed by atoms with E-state index in [0.29, 0.717) is 26.1 Å². The predicted octanol–water partition coefficient (Wildman–Crippen LogP) is 0.644. The second-order valence-electron chi connectivity index (χ2n) is 6.63. The Bertz CT molecular complexity index is 701. The maximum Gasteiger partial charge on any atom is 0.247 e. The van der Waals surface area contributed by atoms with Crippen LogP contribution in [0.1, 0.15) is 25.1 Å². The van der Waals surface area contributed by atoms with Gasteiger partial charge in [0.1, 0.15) is 24.9 Å². The molecular formula is C16H24FN7O. The van der Waals surface area contributed by atoms with Crippen molar-refractivity contribution in [2.45, 2.75) is 38.1 Å². The highest BCUT2D eigenvalue weighted by Crippen LogP contribution is 2.23. The first kappa shape index (κ1) is 17.5. The molecule has 25 heavy (non-hydrogen) atoms. The van der Waals surface area contributed by atoms with E-state index < -0.39 is 12.2 Å². The summed E-state index contributed by atoms with van der Waals surface area (Å²) >= 11 is 0. The number of hydrogen-bond acceptors (Lipinski definition) is 5. The van der Waals surface area contributed by atoms with Gasteiger partial charge in [0.2, 0.25) is 5.91 Å². The summed E-state index contributed by atoms with van der Waals surface area (Å²) in [5.74, 6) is -0.0618. The van der Waals surface area contributed by atoms with Crippen LogP contribution in [0.25, 0.3) is 0 Å². The van der Waals surface area contributed by atoms with E-state index >= 15 is 0 Å². The molecule has 0 N–H and O–H groups in total. The molecule has 1 fully saturated rings. The molecule has 136 valence electrons. The normalized spacial score (nSPS) is 22.2. The molecule has 1 saturated heterocycles. The molecule has 1 aliphatic heterocycles. The van der Waals surface area contributed by atoms with Crippen LogP contribution in [0.5, 0.6) is 0 Å². The van der Waals surface area contributed by atoms with E-state index in [4.69, 9.17) is 0 Å². The Hall–Kier alpha value is -2.29. The van der Waals surface area contributed by atoms with Crippen LogP contribution in [-0.2, 0) is 18.4 Å². The minimum absolute atomic E-state index is 0.0122. The molecule has 2 aromatic heterocycles. The lowest BCUT2D eigenvalue weighted by Crippen LogP contribution is -2.43. The number of amides is 1. The van der Waals surface area contributed by atoms with Gasteiger partial charge in [-0.05, 0) is 19.4 Å². The summed E-state index contributed by atoms with van der Waals surface area (Å²) in [4.78, 5) is 20.2. The summed E-state index contributed by atoms with van der Waals surface area (Å²) in [6.07, 6.45) is 4.24. The van der Waals surface area contributed by atoms with E-state index in [1.165, 1.54) is 17.3 Å². The summed E-state index contributed by atoms with van der Waals surface area (Å²) in [6, 6.07) is 1.49. The Balaban J connectivity index is 1.63. The van der Waals surface area contributed by atoms with E-state index in [-0.39, 0.29) is 11.9 Å². The van der Waals surface area contributed by atoms with E-state index in [2.05, 4.69) is 20.1 Å². The van der Waals surface area contributed by atoms with Crippen LogP contribution in [0.4, 0.5) is 4.39 Å². The Morgan fingerprint density at radius 2 is 2.28 bits per heavy atom. The molecule has 0 unspecified atom stereocenters. The van der Waals surface area contributed by atoms with Crippen molar-refractivity contribution in [2.24, 2.45) is 7.05 Å². The fraction of sp³-hybridized carbons (Fsp3) is 0.625. The number of likely N-dealkylation sites (N-methyl/N-ethyl adjacent to an activating group) is 1. The van der Waals surface area contributed by atoms with Crippen LogP contribution in [-0.4, -0.2) is 72.6 Å². The van der Waals surface area contributed by atoms with Gasteiger partial charge in [-0.25, -0.2) is 14.1 Å². The maximum atomic E-state index is 14.0. The minimum Gasteiger partial charge on any atom is -0.342 e. The zero-order chi connectivity index (χ0) is 18.0. The van der Waals surface area contributed by atoms with Gasteiger partial charge in [0.15, 0.2) is 0 Å². The number of aryl methyl sites for hydroxylation is 1. The molecule has 2 aromatic rings. The molecule has 8 nitrogen and oxygen atoms in total. The first-order chi connectivity index (χ1) is 12.0. The highest BCUT2D eigenvalue weighted by molar-refractivity contribution is 5.79. The molecule has 0 bridgehead atoms. The molecule has 0 saturated carbocycles. The Morgan fingerprint density at radius 1 is 1.48 bits per heavy atom. The van der Waals surface area contributed by atoms with E-state index in [0.717, 1.165) is 5.69 Å². The molecule has 0 aromatic carbocycles. The van der Waals surface area contributed by atoms with Crippen LogP contribution < -0.4 is 0 Å². The molecule has 1 aliphatic rings. The Kier molecular flexibility index (Phi) is 5.12. The third-order valence-corrected chi connectivity index (χ3v) is 4.82. The molecule has 3 atom stereocenters. The maximum absolute atomic E-state index is 14.0. The fourth-order valence-corrected chi connectivity index (χ4v) is 3.33. The van der Waals surface area contributed by atoms with Crippen LogP contribution in [0.15, 0.2) is 24.9 Å². The van der Waals surface area contributed by atoms with Gasteiger partial charge in [0, 0.05) is 46.0 Å². The van der Waals surface area contributed by atoms with Crippen molar-refractivity contribution < 1.29 is 9.18 Å². The van der Waals surface area contributed by atoms with Crippen LogP contribution in [0, 0.1) is 0 Å². The van der Waals surface area contributed by atoms with Gasteiger partial charge in [0.25, 0.3) is 0 Å². The van der Waals surface area contributed by atoms with Gasteiger partial charge < -0.3 is 4.90 Å². The minimum atomic E-state index is -0.866. The van der Waals surface area contributed by atoms with Gasteiger partial charge in [0.05, 0.1) is 5.69 Å². The van der Waals surface area contributed by atoms with E-state index in [1.807, 2.05) is 13.1 Å². The summed E-state index contributed by atoms with van der Waals surface area (Å²) in [6.45, 7) is 3.28. The zero-order valence-corrected chi connectivity index (χ0v) is 14.8. The molecule has 9 heteroatoms. The van der Waals surface area contributed by atoms with Crippen molar-refractivity contribution in [1.82, 2.24) is 34.3 Å². The summed E-state index contributed by atoms with van der Waals surface area (Å²) in [5, 5.41) is 8.18. The summed E-state index contributed by atoms with van der Waals surface area (Å²) in [5.41, 5.74) is 1.03. The molecule has 0 radical (unpaired) electrons. The number of nitrogens with zero attached hydrogens (tertiary/aromatic N) is 7. The second kappa shape index (κ2) is 7.30. The first-order valence-corrected chi connectivity index (χ1v) is 8.39. The summed E-state index contributed by atoms with van der Waals surface area (Å²) in [7, 11) is 3.63. The average Bonchev–Trinajstić information content (AvgIpc) is 3.30. The number of carbonyl (C=O) groups is 1. The van der Waals surface area contributed by atoms with E-state index in [9.17, 15) is 9.18 Å². The van der Waals surface area contributed by atoms with Gasteiger partial charge in [-0.3, -0.25) is 14.4 Å². The number of likely N-dealkylation sites (tertiary alicyclic amines) is 1. The molecule has 0 spiro atoms. The van der Waals surface area contributed by atoms with Crippen molar-refractivity contribution in [3.8, 4) is 0 Å². The van der Waals surface area contributed by atoms with Crippen molar-refractivity contribution in [3.05, 3.63) is 30.6 Å². The number of aromatic nitrogens is 5. The fourth-order valence-electron chi connectivity index (χ4n) is 3.33. The van der Waals surface area contributed by atoms with Crippen molar-refractivity contribution in [2.75, 3.05) is 20.1 Å². The molecule has 0 aliphatic carbocycles. The van der Waals surface area contributed by atoms with Gasteiger partial charge in [-0.2, -0.15) is 10.2 Å². The SMILES string of the molecule is C[C@H](C(=O)N(C)C[C@@H]1C[C@H](F)CN1Cc1ccnn1C)n1cncn1. The van der Waals surface area contributed by atoms with Crippen LogP contribution >= 0.6 is 0 Å². The lowest BCUT2D eigenvalue weighted by Gasteiger charge is -2.29. The van der Waals surface area contributed by atoms with E-state index in [1.54, 1.807) is 29.7 Å². The molecule has 3 heterocycles. The highest BCUT2D eigenvalue weighted by Gasteiger charge is 2.34. The smallest absolute Gasteiger partial charge is 0.247 e. The van der Waals surface area contributed by atoms with Crippen LogP contribution in [0.2, 0.25) is 0 Å². The monoisotopic (exact) mass is 349 g/mol. The number of rotatable bonds is 6.